The fraction of sp³-hybridized carbons (Fsp3) is 0.190. The molecule has 2 N–H and O–H groups in total. The highest BCUT2D eigenvalue weighted by atomic mass is 35.5. The van der Waals surface area contributed by atoms with Crippen molar-refractivity contribution in [2.75, 3.05) is 11.4 Å². The number of hydrogen-bond donors (Lipinski definition) is 1. The minimum Gasteiger partial charge on any atom is -0.370 e. The van der Waals surface area contributed by atoms with Crippen LogP contribution in [0, 0.1) is 19.7 Å². The van der Waals surface area contributed by atoms with Gasteiger partial charge in [-0.2, -0.15) is 5.10 Å². The lowest BCUT2D eigenvalue weighted by Gasteiger charge is -2.22. The Morgan fingerprint density at radius 1 is 1.10 bits per heavy atom. The third-order valence-corrected chi connectivity index (χ3v) is 5.07. The molecule has 6 nitrogen and oxygen atoms in total. The van der Waals surface area contributed by atoms with E-state index in [1.807, 2.05) is 13.8 Å². The van der Waals surface area contributed by atoms with Gasteiger partial charge in [-0.25, -0.2) is 9.07 Å². The molecule has 29 heavy (non-hydrogen) atoms. The number of hydrogen-bond acceptors (Lipinski definition) is 3. The zero-order valence-electron chi connectivity index (χ0n) is 16.0. The molecule has 0 saturated heterocycles. The van der Waals surface area contributed by atoms with Gasteiger partial charge in [0.05, 0.1) is 22.1 Å². The fourth-order valence-corrected chi connectivity index (χ4v) is 3.08. The summed E-state index contributed by atoms with van der Waals surface area (Å²) in [5.74, 6) is -1.26. The quantitative estimate of drug-likeness (QED) is 0.666. The normalized spacial score (nSPS) is 10.8. The predicted octanol–water partition coefficient (Wildman–Crippen LogP) is 3.80. The molecular weight excluding hydrogens is 395 g/mol. The Labute approximate surface area is 172 Å². The fourth-order valence-electron chi connectivity index (χ4n) is 2.97. The van der Waals surface area contributed by atoms with E-state index < -0.39 is 11.7 Å². The van der Waals surface area contributed by atoms with Crippen LogP contribution in [0.15, 0.2) is 48.5 Å². The van der Waals surface area contributed by atoms with E-state index in [4.69, 9.17) is 17.3 Å². The Bertz CT molecular complexity index is 1050. The number of carbonyl (C=O) groups excluding carboxylic acids is 2. The average Bonchev–Trinajstić information content (AvgIpc) is 2.96. The number of amides is 2. The minimum absolute atomic E-state index is 0.00847. The molecule has 1 heterocycles. The standard InChI is InChI=1S/C21H20ClFN4O2/c1-13-20(22)14(2)27(25-13)18-7-3-15(4-8-18)21(29)26(12-11-19(24)28)17-9-5-16(23)6-10-17/h3-10H,11-12H2,1-2H3,(H2,24,28). The van der Waals surface area contributed by atoms with Crippen LogP contribution in [0.3, 0.4) is 0 Å². The summed E-state index contributed by atoms with van der Waals surface area (Å²) in [7, 11) is 0. The van der Waals surface area contributed by atoms with Gasteiger partial charge in [0.15, 0.2) is 0 Å². The van der Waals surface area contributed by atoms with Crippen molar-refractivity contribution in [3.8, 4) is 5.69 Å². The van der Waals surface area contributed by atoms with Gasteiger partial charge in [0.25, 0.3) is 5.91 Å². The van der Waals surface area contributed by atoms with Crippen molar-refractivity contribution < 1.29 is 14.0 Å². The molecule has 0 aliphatic heterocycles. The first kappa shape index (κ1) is 20.5. The maximum absolute atomic E-state index is 13.3. The Morgan fingerprint density at radius 3 is 2.24 bits per heavy atom. The van der Waals surface area contributed by atoms with Crippen molar-refractivity contribution in [2.24, 2.45) is 5.73 Å². The van der Waals surface area contributed by atoms with E-state index in [1.54, 1.807) is 28.9 Å². The summed E-state index contributed by atoms with van der Waals surface area (Å²) in [6, 6.07) is 12.4. The molecule has 150 valence electrons. The Morgan fingerprint density at radius 2 is 1.72 bits per heavy atom. The molecule has 0 aliphatic rings. The van der Waals surface area contributed by atoms with Gasteiger partial charge in [-0.05, 0) is 62.4 Å². The molecule has 0 spiro atoms. The van der Waals surface area contributed by atoms with Gasteiger partial charge in [0.1, 0.15) is 5.82 Å². The summed E-state index contributed by atoms with van der Waals surface area (Å²) < 4.78 is 15.0. The molecule has 0 saturated carbocycles. The van der Waals surface area contributed by atoms with Gasteiger partial charge >= 0.3 is 0 Å². The van der Waals surface area contributed by atoms with E-state index in [1.165, 1.54) is 29.2 Å². The lowest BCUT2D eigenvalue weighted by molar-refractivity contribution is -0.117. The van der Waals surface area contributed by atoms with Gasteiger partial charge < -0.3 is 10.6 Å². The van der Waals surface area contributed by atoms with Crippen LogP contribution in [0.2, 0.25) is 5.02 Å². The number of nitrogens with two attached hydrogens (primary N) is 1. The van der Waals surface area contributed by atoms with E-state index in [0.29, 0.717) is 16.3 Å². The summed E-state index contributed by atoms with van der Waals surface area (Å²) in [4.78, 5) is 25.7. The Hall–Kier alpha value is -3.19. The number of aromatic nitrogens is 2. The molecule has 3 rings (SSSR count). The highest BCUT2D eigenvalue weighted by Gasteiger charge is 2.19. The van der Waals surface area contributed by atoms with Crippen LogP contribution in [0.1, 0.15) is 28.2 Å². The first-order valence-electron chi connectivity index (χ1n) is 8.96. The van der Waals surface area contributed by atoms with Crippen molar-refractivity contribution >= 4 is 29.1 Å². The van der Waals surface area contributed by atoms with Crippen LogP contribution >= 0.6 is 11.6 Å². The van der Waals surface area contributed by atoms with Gasteiger partial charge in [0, 0.05) is 24.2 Å². The lowest BCUT2D eigenvalue weighted by atomic mass is 10.1. The molecule has 0 bridgehead atoms. The summed E-state index contributed by atoms with van der Waals surface area (Å²) in [5, 5.41) is 4.99. The zero-order chi connectivity index (χ0) is 21.1. The van der Waals surface area contributed by atoms with Crippen molar-refractivity contribution in [3.63, 3.8) is 0 Å². The van der Waals surface area contributed by atoms with E-state index in [-0.39, 0.29) is 18.9 Å². The number of halogens is 2. The highest BCUT2D eigenvalue weighted by Crippen LogP contribution is 2.23. The molecule has 0 fully saturated rings. The van der Waals surface area contributed by atoms with Crippen LogP contribution in [0.4, 0.5) is 10.1 Å². The number of primary amides is 1. The van der Waals surface area contributed by atoms with Gasteiger partial charge in [-0.1, -0.05) is 11.6 Å². The molecule has 2 amide bonds. The van der Waals surface area contributed by atoms with Crippen molar-refractivity contribution in [3.05, 3.63) is 76.3 Å². The number of carbonyl (C=O) groups is 2. The van der Waals surface area contributed by atoms with E-state index in [9.17, 15) is 14.0 Å². The summed E-state index contributed by atoms with van der Waals surface area (Å²) in [6.45, 7) is 3.78. The van der Waals surface area contributed by atoms with Gasteiger partial charge in [-0.15, -0.1) is 0 Å². The van der Waals surface area contributed by atoms with Crippen LogP contribution in [-0.2, 0) is 4.79 Å². The predicted molar refractivity (Wildman–Crippen MR) is 110 cm³/mol. The molecule has 8 heteroatoms. The molecule has 0 aliphatic carbocycles. The number of rotatable bonds is 6. The maximum Gasteiger partial charge on any atom is 0.258 e. The maximum atomic E-state index is 13.3. The monoisotopic (exact) mass is 414 g/mol. The van der Waals surface area contributed by atoms with Crippen molar-refractivity contribution in [2.45, 2.75) is 20.3 Å². The number of benzene rings is 2. The van der Waals surface area contributed by atoms with Crippen molar-refractivity contribution in [1.82, 2.24) is 9.78 Å². The highest BCUT2D eigenvalue weighted by molar-refractivity contribution is 6.31. The lowest BCUT2D eigenvalue weighted by Crippen LogP contribution is -2.34. The molecular formula is C21H20ClFN4O2. The smallest absolute Gasteiger partial charge is 0.258 e. The SMILES string of the molecule is Cc1nn(-c2ccc(C(=O)N(CCC(N)=O)c3ccc(F)cc3)cc2)c(C)c1Cl. The molecule has 1 aromatic heterocycles. The van der Waals surface area contributed by atoms with Crippen LogP contribution in [0.25, 0.3) is 5.69 Å². The second-order valence-electron chi connectivity index (χ2n) is 6.59. The Kier molecular flexibility index (Phi) is 5.98. The molecule has 0 atom stereocenters. The van der Waals surface area contributed by atoms with Crippen LogP contribution < -0.4 is 10.6 Å². The second kappa shape index (κ2) is 8.45. The largest absolute Gasteiger partial charge is 0.370 e. The third-order valence-electron chi connectivity index (χ3n) is 4.53. The third kappa shape index (κ3) is 4.46. The van der Waals surface area contributed by atoms with E-state index >= 15 is 0 Å². The minimum atomic E-state index is -0.526. The number of anilines is 1. The van der Waals surface area contributed by atoms with Gasteiger partial charge in [-0.3, -0.25) is 9.59 Å². The Balaban J connectivity index is 1.89. The molecule has 0 unspecified atom stereocenters. The summed E-state index contributed by atoms with van der Waals surface area (Å²) in [5.41, 5.74) is 8.42. The summed E-state index contributed by atoms with van der Waals surface area (Å²) >= 11 is 6.20. The topological polar surface area (TPSA) is 81.2 Å². The molecule has 2 aromatic carbocycles. The first-order chi connectivity index (χ1) is 13.8. The van der Waals surface area contributed by atoms with Crippen molar-refractivity contribution in [1.29, 1.82) is 0 Å². The average molecular weight is 415 g/mol. The molecule has 3 aromatic rings. The number of aryl methyl sites for hydroxylation is 1. The second-order valence-corrected chi connectivity index (χ2v) is 6.97. The summed E-state index contributed by atoms with van der Waals surface area (Å²) in [6.07, 6.45) is -0.00847. The van der Waals surface area contributed by atoms with Gasteiger partial charge in [0.2, 0.25) is 5.91 Å². The van der Waals surface area contributed by atoms with E-state index in [2.05, 4.69) is 5.10 Å². The van der Waals surface area contributed by atoms with E-state index in [0.717, 1.165) is 17.1 Å². The van der Waals surface area contributed by atoms with Crippen LogP contribution in [0.5, 0.6) is 0 Å². The number of nitrogens with zero attached hydrogens (tertiary/aromatic N) is 3. The first-order valence-corrected chi connectivity index (χ1v) is 9.33. The van der Waals surface area contributed by atoms with Crippen LogP contribution in [-0.4, -0.2) is 28.1 Å². The zero-order valence-corrected chi connectivity index (χ0v) is 16.8. The molecule has 0 radical (unpaired) electrons.